The van der Waals surface area contributed by atoms with Crippen LogP contribution in [0.3, 0.4) is 0 Å². The van der Waals surface area contributed by atoms with Gasteiger partial charge in [-0.05, 0) is 54.6 Å². The van der Waals surface area contributed by atoms with E-state index in [4.69, 9.17) is 0 Å². The fourth-order valence-electron chi connectivity index (χ4n) is 3.05. The van der Waals surface area contributed by atoms with Crippen molar-refractivity contribution in [3.63, 3.8) is 0 Å². The Kier molecular flexibility index (Phi) is 12.3. The number of hydrazine groups is 1. The molecule has 2 aromatic rings. The lowest BCUT2D eigenvalue weighted by Crippen LogP contribution is -2.54. The van der Waals surface area contributed by atoms with Gasteiger partial charge < -0.3 is 5.32 Å². The first-order valence-corrected chi connectivity index (χ1v) is 15.2. The number of carbonyl (C=O) groups excluding carboxylic acids is 2. The van der Waals surface area contributed by atoms with Gasteiger partial charge in [-0.2, -0.15) is 23.5 Å². The summed E-state index contributed by atoms with van der Waals surface area (Å²) in [5, 5.41) is 2.74. The highest BCUT2D eigenvalue weighted by molar-refractivity contribution is 7.98. The average molecular weight is 525 g/mol. The molecule has 0 fully saturated rings. The molecule has 2 rings (SSSR count). The van der Waals surface area contributed by atoms with Crippen molar-refractivity contribution in [1.82, 2.24) is 15.5 Å². The molecule has 0 aliphatic carbocycles. The first-order valence-electron chi connectivity index (χ1n) is 10.8. The molecule has 8 nitrogen and oxygen atoms in total. The topological polar surface area (TPSA) is 116 Å². The van der Waals surface area contributed by atoms with Crippen LogP contribution in [0.5, 0.6) is 0 Å². The smallest absolute Gasteiger partial charge is 0.260 e. The predicted octanol–water partition coefficient (Wildman–Crippen LogP) is 2.61. The second-order valence-electron chi connectivity index (χ2n) is 7.52. The molecular weight excluding hydrogens is 492 g/mol. The summed E-state index contributed by atoms with van der Waals surface area (Å²) >= 11 is 3.07. The molecule has 2 aromatic carbocycles. The van der Waals surface area contributed by atoms with Crippen LogP contribution in [0.2, 0.25) is 0 Å². The third-order valence-electron chi connectivity index (χ3n) is 4.80. The molecule has 0 aromatic heterocycles. The average Bonchev–Trinajstić information content (AvgIpc) is 2.83. The van der Waals surface area contributed by atoms with Crippen molar-refractivity contribution in [1.29, 1.82) is 0 Å². The Labute approximate surface area is 210 Å². The molecule has 0 spiro atoms. The maximum atomic E-state index is 13.1. The Balaban J connectivity index is 2.06. The summed E-state index contributed by atoms with van der Waals surface area (Å²) in [5.74, 6) is 0.0878. The minimum atomic E-state index is -3.77. The molecule has 0 aliphatic rings. The highest BCUT2D eigenvalue weighted by Gasteiger charge is 2.28. The molecule has 2 atom stereocenters. The molecule has 4 N–H and O–H groups in total. The highest BCUT2D eigenvalue weighted by atomic mass is 32.2. The summed E-state index contributed by atoms with van der Waals surface area (Å²) in [6.07, 6.45) is 4.51. The molecule has 0 saturated heterocycles. The van der Waals surface area contributed by atoms with Gasteiger partial charge in [0.15, 0.2) is 0 Å². The van der Waals surface area contributed by atoms with Crippen LogP contribution in [0.1, 0.15) is 18.4 Å². The fraction of sp³-hybridized carbons (Fsp3) is 0.391. The van der Waals surface area contributed by atoms with E-state index in [1.165, 1.54) is 11.8 Å². The van der Waals surface area contributed by atoms with Crippen molar-refractivity contribution < 1.29 is 18.0 Å². The highest BCUT2D eigenvalue weighted by Crippen LogP contribution is 2.10. The molecular formula is C23H32N4O4S3. The third-order valence-corrected chi connectivity index (χ3v) is 7.44. The van der Waals surface area contributed by atoms with Gasteiger partial charge in [-0.25, -0.2) is 13.1 Å². The lowest BCUT2D eigenvalue weighted by molar-refractivity contribution is -0.129. The Morgan fingerprint density at radius 2 is 1.38 bits per heavy atom. The van der Waals surface area contributed by atoms with Gasteiger partial charge in [0.1, 0.15) is 12.1 Å². The van der Waals surface area contributed by atoms with E-state index in [9.17, 15) is 18.0 Å². The van der Waals surface area contributed by atoms with E-state index in [0.29, 0.717) is 35.6 Å². The van der Waals surface area contributed by atoms with Crippen LogP contribution in [0, 0.1) is 0 Å². The second kappa shape index (κ2) is 14.9. The molecule has 11 heteroatoms. The Morgan fingerprint density at radius 1 is 0.824 bits per heavy atom. The Morgan fingerprint density at radius 3 is 1.97 bits per heavy atom. The van der Waals surface area contributed by atoms with Crippen LogP contribution in [-0.2, 0) is 25.4 Å². The first kappa shape index (κ1) is 28.0. The van der Waals surface area contributed by atoms with Crippen LogP contribution < -0.4 is 20.9 Å². The van der Waals surface area contributed by atoms with Crippen LogP contribution in [-0.4, -0.2) is 56.3 Å². The van der Waals surface area contributed by atoms with E-state index >= 15 is 0 Å². The number of carbonyl (C=O) groups is 2. The predicted molar refractivity (Wildman–Crippen MR) is 142 cm³/mol. The minimum Gasteiger partial charge on any atom is -0.343 e. The molecule has 2 amide bonds. The number of benzene rings is 2. The van der Waals surface area contributed by atoms with Gasteiger partial charge in [0.2, 0.25) is 15.9 Å². The Hall–Kier alpha value is -2.21. The monoisotopic (exact) mass is 524 g/mol. The van der Waals surface area contributed by atoms with Gasteiger partial charge >= 0.3 is 0 Å². The number of anilines is 1. The van der Waals surface area contributed by atoms with Crippen molar-refractivity contribution in [2.75, 3.05) is 29.4 Å². The van der Waals surface area contributed by atoms with E-state index in [0.717, 1.165) is 0 Å². The largest absolute Gasteiger partial charge is 0.343 e. The summed E-state index contributed by atoms with van der Waals surface area (Å²) in [6, 6.07) is 16.1. The summed E-state index contributed by atoms with van der Waals surface area (Å²) in [7, 11) is -3.77. The number of hydrogen-bond donors (Lipinski definition) is 4. The molecule has 0 bridgehead atoms. The van der Waals surface area contributed by atoms with E-state index in [2.05, 4.69) is 20.9 Å². The fourth-order valence-corrected chi connectivity index (χ4v) is 5.37. The lowest BCUT2D eigenvalue weighted by atomic mass is 10.1. The first-order chi connectivity index (χ1) is 16.3. The number of thioether (sulfide) groups is 2. The summed E-state index contributed by atoms with van der Waals surface area (Å²) in [4.78, 5) is 25.9. The maximum Gasteiger partial charge on any atom is 0.260 e. The van der Waals surface area contributed by atoms with Crippen molar-refractivity contribution in [2.24, 2.45) is 0 Å². The number of rotatable bonds is 15. The molecule has 0 radical (unpaired) electrons. The van der Waals surface area contributed by atoms with E-state index in [1.807, 2.05) is 36.8 Å². The zero-order valence-corrected chi connectivity index (χ0v) is 21.8. The number of amides is 2. The number of para-hydroxylation sites is 1. The molecule has 0 unspecified atom stereocenters. The van der Waals surface area contributed by atoms with Crippen LogP contribution in [0.25, 0.3) is 0 Å². The molecule has 186 valence electrons. The molecule has 0 aliphatic heterocycles. The third kappa shape index (κ3) is 10.4. The Bertz CT molecular complexity index is 992. The SMILES string of the molecule is CSCC[C@H](NC(=O)[C@H](CCSC)NS(=O)(=O)Cc1ccccc1)C(=O)NNc1ccccc1. The van der Waals surface area contributed by atoms with Crippen molar-refractivity contribution in [2.45, 2.75) is 30.7 Å². The minimum absolute atomic E-state index is 0.228. The van der Waals surface area contributed by atoms with E-state index < -0.39 is 33.9 Å². The normalized spacial score (nSPS) is 13.0. The summed E-state index contributed by atoms with van der Waals surface area (Å²) in [6.45, 7) is 0. The summed E-state index contributed by atoms with van der Waals surface area (Å²) < 4.78 is 28.0. The standard InChI is InChI=1S/C23H32N4O4S3/c1-32-15-13-20(23(29)26-25-19-11-7-4-8-12-19)24-22(28)21(14-16-33-2)27-34(30,31)17-18-9-5-3-6-10-18/h3-12,20-21,25,27H,13-17H2,1-2H3,(H,24,28)(H,26,29)/t20-,21-/m0/s1. The zero-order chi connectivity index (χ0) is 24.8. The van der Waals surface area contributed by atoms with Gasteiger partial charge in [-0.3, -0.25) is 20.4 Å². The lowest BCUT2D eigenvalue weighted by Gasteiger charge is -2.23. The zero-order valence-electron chi connectivity index (χ0n) is 19.3. The molecule has 0 heterocycles. The van der Waals surface area contributed by atoms with Gasteiger partial charge in [-0.15, -0.1) is 0 Å². The van der Waals surface area contributed by atoms with Crippen LogP contribution >= 0.6 is 23.5 Å². The maximum absolute atomic E-state index is 13.1. The quantitative estimate of drug-likeness (QED) is 0.265. The van der Waals surface area contributed by atoms with Gasteiger partial charge in [0, 0.05) is 0 Å². The van der Waals surface area contributed by atoms with E-state index in [-0.39, 0.29) is 5.75 Å². The second-order valence-corrected chi connectivity index (χ2v) is 11.2. The van der Waals surface area contributed by atoms with Crippen LogP contribution in [0.4, 0.5) is 5.69 Å². The van der Waals surface area contributed by atoms with E-state index in [1.54, 1.807) is 48.2 Å². The number of sulfonamides is 1. The summed E-state index contributed by atoms with van der Waals surface area (Å²) in [5.41, 5.74) is 6.79. The van der Waals surface area contributed by atoms with Gasteiger partial charge in [0.25, 0.3) is 5.91 Å². The number of hydrogen-bond acceptors (Lipinski definition) is 7. The van der Waals surface area contributed by atoms with Gasteiger partial charge in [-0.1, -0.05) is 48.5 Å². The van der Waals surface area contributed by atoms with Crippen molar-refractivity contribution >= 4 is 51.0 Å². The van der Waals surface area contributed by atoms with Crippen molar-refractivity contribution in [3.8, 4) is 0 Å². The van der Waals surface area contributed by atoms with Crippen LogP contribution in [0.15, 0.2) is 60.7 Å². The molecule has 34 heavy (non-hydrogen) atoms. The van der Waals surface area contributed by atoms with Crippen molar-refractivity contribution in [3.05, 3.63) is 66.2 Å². The van der Waals surface area contributed by atoms with Gasteiger partial charge in [0.05, 0.1) is 11.4 Å². The molecule has 0 saturated carbocycles. The number of nitrogens with one attached hydrogen (secondary N) is 4.